The number of carbonyl (C=O) groups is 1. The topological polar surface area (TPSA) is 82.8 Å². The van der Waals surface area contributed by atoms with Crippen molar-refractivity contribution in [3.05, 3.63) is 53.6 Å². The Kier molecular flexibility index (Phi) is 6.65. The van der Waals surface area contributed by atoms with Crippen molar-refractivity contribution in [2.75, 3.05) is 21.3 Å². The SMILES string of the molecule is COc1cc(OC)c(OC)cc1CNC(=O)[C@@H](N)Cc1ccccc1. The van der Waals surface area contributed by atoms with Crippen LogP contribution in [0.5, 0.6) is 17.2 Å². The van der Waals surface area contributed by atoms with Gasteiger partial charge in [0.05, 0.1) is 27.4 Å². The lowest BCUT2D eigenvalue weighted by Gasteiger charge is -2.16. The Hall–Kier alpha value is -2.73. The smallest absolute Gasteiger partial charge is 0.237 e. The second-order valence-corrected chi connectivity index (χ2v) is 5.53. The van der Waals surface area contributed by atoms with E-state index in [1.54, 1.807) is 33.5 Å². The molecule has 6 nitrogen and oxygen atoms in total. The van der Waals surface area contributed by atoms with E-state index >= 15 is 0 Å². The summed E-state index contributed by atoms with van der Waals surface area (Å²) in [6, 6.07) is 12.6. The van der Waals surface area contributed by atoms with Crippen LogP contribution in [0, 0.1) is 0 Å². The monoisotopic (exact) mass is 344 g/mol. The van der Waals surface area contributed by atoms with Crippen molar-refractivity contribution in [2.45, 2.75) is 19.0 Å². The van der Waals surface area contributed by atoms with Crippen molar-refractivity contribution in [1.82, 2.24) is 5.32 Å². The third-order valence-electron chi connectivity index (χ3n) is 3.87. The van der Waals surface area contributed by atoms with Crippen LogP contribution < -0.4 is 25.3 Å². The molecule has 3 N–H and O–H groups in total. The second kappa shape index (κ2) is 8.94. The third kappa shape index (κ3) is 4.87. The van der Waals surface area contributed by atoms with Gasteiger partial charge in [0, 0.05) is 18.2 Å². The molecule has 0 aromatic heterocycles. The summed E-state index contributed by atoms with van der Waals surface area (Å²) in [5, 5.41) is 2.84. The lowest BCUT2D eigenvalue weighted by Crippen LogP contribution is -2.41. The van der Waals surface area contributed by atoms with Crippen LogP contribution in [0.3, 0.4) is 0 Å². The Morgan fingerprint density at radius 1 is 1.00 bits per heavy atom. The molecular formula is C19H24N2O4. The average molecular weight is 344 g/mol. The van der Waals surface area contributed by atoms with Crippen LogP contribution in [0.25, 0.3) is 0 Å². The molecule has 2 aromatic rings. The molecule has 1 atom stereocenters. The molecule has 0 heterocycles. The molecule has 0 saturated carbocycles. The van der Waals surface area contributed by atoms with E-state index in [-0.39, 0.29) is 12.5 Å². The molecule has 0 unspecified atom stereocenters. The zero-order valence-corrected chi connectivity index (χ0v) is 14.7. The largest absolute Gasteiger partial charge is 0.496 e. The van der Waals surface area contributed by atoms with Crippen LogP contribution in [-0.2, 0) is 17.8 Å². The molecule has 0 aliphatic heterocycles. The summed E-state index contributed by atoms with van der Waals surface area (Å²) in [4.78, 5) is 12.3. The molecule has 2 aromatic carbocycles. The highest BCUT2D eigenvalue weighted by Gasteiger charge is 2.16. The maximum absolute atomic E-state index is 12.3. The predicted octanol–water partition coefficient (Wildman–Crippen LogP) is 1.90. The highest BCUT2D eigenvalue weighted by Crippen LogP contribution is 2.34. The third-order valence-corrected chi connectivity index (χ3v) is 3.87. The van der Waals surface area contributed by atoms with Crippen LogP contribution in [0.15, 0.2) is 42.5 Å². The van der Waals surface area contributed by atoms with E-state index in [9.17, 15) is 4.79 Å². The van der Waals surface area contributed by atoms with Crippen LogP contribution >= 0.6 is 0 Å². The summed E-state index contributed by atoms with van der Waals surface area (Å²) < 4.78 is 15.9. The summed E-state index contributed by atoms with van der Waals surface area (Å²) in [6.07, 6.45) is 0.482. The standard InChI is InChI=1S/C19H24N2O4/c1-23-16-11-18(25-3)17(24-2)10-14(16)12-21-19(22)15(20)9-13-7-5-4-6-8-13/h4-8,10-11,15H,9,12,20H2,1-3H3,(H,21,22)/t15-/m0/s1. The maximum Gasteiger partial charge on any atom is 0.237 e. The van der Waals surface area contributed by atoms with Gasteiger partial charge in [0.25, 0.3) is 0 Å². The fourth-order valence-electron chi connectivity index (χ4n) is 2.50. The summed E-state index contributed by atoms with van der Waals surface area (Å²) in [5.41, 5.74) is 7.80. The number of hydrogen-bond donors (Lipinski definition) is 2. The minimum atomic E-state index is -0.617. The first-order chi connectivity index (χ1) is 12.1. The van der Waals surface area contributed by atoms with E-state index in [2.05, 4.69) is 5.32 Å². The first-order valence-electron chi connectivity index (χ1n) is 7.95. The van der Waals surface area contributed by atoms with Gasteiger partial charge >= 0.3 is 0 Å². The van der Waals surface area contributed by atoms with Crippen LogP contribution in [0.4, 0.5) is 0 Å². The molecule has 0 aliphatic carbocycles. The molecule has 2 rings (SSSR count). The van der Waals surface area contributed by atoms with E-state index in [0.717, 1.165) is 11.1 Å². The molecule has 0 fully saturated rings. The number of ether oxygens (including phenoxy) is 3. The highest BCUT2D eigenvalue weighted by atomic mass is 16.5. The summed E-state index contributed by atoms with van der Waals surface area (Å²) in [7, 11) is 4.68. The molecule has 6 heteroatoms. The molecular weight excluding hydrogens is 320 g/mol. The number of amides is 1. The maximum atomic E-state index is 12.3. The molecule has 0 spiro atoms. The van der Waals surface area contributed by atoms with Gasteiger partial charge in [-0.1, -0.05) is 30.3 Å². The van der Waals surface area contributed by atoms with Gasteiger partial charge in [-0.2, -0.15) is 0 Å². The normalized spacial score (nSPS) is 11.5. The van der Waals surface area contributed by atoms with Gasteiger partial charge in [-0.25, -0.2) is 0 Å². The zero-order chi connectivity index (χ0) is 18.2. The molecule has 1 amide bonds. The average Bonchev–Trinajstić information content (AvgIpc) is 2.65. The Balaban J connectivity index is 2.03. The molecule has 0 saturated heterocycles. The van der Waals surface area contributed by atoms with Gasteiger partial charge in [0.1, 0.15) is 5.75 Å². The van der Waals surface area contributed by atoms with Gasteiger partial charge in [-0.15, -0.1) is 0 Å². The first kappa shape index (κ1) is 18.6. The lowest BCUT2D eigenvalue weighted by molar-refractivity contribution is -0.122. The fourth-order valence-corrected chi connectivity index (χ4v) is 2.50. The minimum absolute atomic E-state index is 0.222. The van der Waals surface area contributed by atoms with Gasteiger partial charge in [-0.3, -0.25) is 4.79 Å². The Morgan fingerprint density at radius 3 is 2.20 bits per heavy atom. The Morgan fingerprint density at radius 2 is 1.60 bits per heavy atom. The molecule has 0 radical (unpaired) electrons. The number of nitrogens with two attached hydrogens (primary N) is 1. The zero-order valence-electron chi connectivity index (χ0n) is 14.7. The molecule has 0 bridgehead atoms. The number of nitrogens with one attached hydrogen (secondary N) is 1. The Bertz CT molecular complexity index is 704. The molecule has 0 aliphatic rings. The number of carbonyl (C=O) groups excluding carboxylic acids is 1. The van der Waals surface area contributed by atoms with Crippen molar-refractivity contribution < 1.29 is 19.0 Å². The van der Waals surface area contributed by atoms with Gasteiger partial charge < -0.3 is 25.3 Å². The molecule has 134 valence electrons. The minimum Gasteiger partial charge on any atom is -0.496 e. The summed E-state index contributed by atoms with van der Waals surface area (Å²) in [5.74, 6) is 1.52. The van der Waals surface area contributed by atoms with E-state index in [4.69, 9.17) is 19.9 Å². The van der Waals surface area contributed by atoms with E-state index in [1.165, 1.54) is 0 Å². The van der Waals surface area contributed by atoms with Gasteiger partial charge in [0.2, 0.25) is 5.91 Å². The quantitative estimate of drug-likeness (QED) is 0.764. The van der Waals surface area contributed by atoms with Gasteiger partial charge in [-0.05, 0) is 18.1 Å². The summed E-state index contributed by atoms with van der Waals surface area (Å²) >= 11 is 0. The van der Waals surface area contributed by atoms with Crippen LogP contribution in [0.2, 0.25) is 0 Å². The number of methoxy groups -OCH3 is 3. The van der Waals surface area contributed by atoms with Crippen molar-refractivity contribution in [1.29, 1.82) is 0 Å². The fraction of sp³-hybridized carbons (Fsp3) is 0.316. The van der Waals surface area contributed by atoms with E-state index in [0.29, 0.717) is 23.7 Å². The number of hydrogen-bond acceptors (Lipinski definition) is 5. The predicted molar refractivity (Wildman–Crippen MR) is 96.1 cm³/mol. The van der Waals surface area contributed by atoms with E-state index in [1.807, 2.05) is 30.3 Å². The lowest BCUT2D eigenvalue weighted by atomic mass is 10.1. The Labute approximate surface area is 147 Å². The van der Waals surface area contributed by atoms with Crippen molar-refractivity contribution in [2.24, 2.45) is 5.73 Å². The van der Waals surface area contributed by atoms with Crippen LogP contribution in [-0.4, -0.2) is 33.3 Å². The number of rotatable bonds is 8. The summed E-state index contributed by atoms with van der Waals surface area (Å²) in [6.45, 7) is 0.283. The van der Waals surface area contributed by atoms with E-state index < -0.39 is 6.04 Å². The second-order valence-electron chi connectivity index (χ2n) is 5.53. The van der Waals surface area contributed by atoms with Crippen molar-refractivity contribution in [3.8, 4) is 17.2 Å². The number of benzene rings is 2. The highest BCUT2D eigenvalue weighted by molar-refractivity contribution is 5.81. The van der Waals surface area contributed by atoms with Crippen molar-refractivity contribution in [3.63, 3.8) is 0 Å². The van der Waals surface area contributed by atoms with Crippen molar-refractivity contribution >= 4 is 5.91 Å². The first-order valence-corrected chi connectivity index (χ1v) is 7.95. The van der Waals surface area contributed by atoms with Crippen LogP contribution in [0.1, 0.15) is 11.1 Å². The molecule has 25 heavy (non-hydrogen) atoms. The van der Waals surface area contributed by atoms with Gasteiger partial charge in [0.15, 0.2) is 11.5 Å².